The smallest absolute Gasteiger partial charge is 0.246 e. The Morgan fingerprint density at radius 2 is 1.93 bits per heavy atom. The molecule has 0 unspecified atom stereocenters. The highest BCUT2D eigenvalue weighted by atomic mass is 16.5. The largest absolute Gasteiger partial charge is 0.362 e. The van der Waals surface area contributed by atoms with Gasteiger partial charge in [0.05, 0.1) is 0 Å². The molecule has 0 aliphatic carbocycles. The normalized spacial score (nSPS) is 9.57. The first-order valence-corrected chi connectivity index (χ1v) is 4.45. The SMILES string of the molecule is CNC(=O)COCC(=O)NCCCN. The zero-order valence-electron chi connectivity index (χ0n) is 8.34. The van der Waals surface area contributed by atoms with E-state index >= 15 is 0 Å². The highest BCUT2D eigenvalue weighted by molar-refractivity contribution is 5.79. The van der Waals surface area contributed by atoms with Gasteiger partial charge >= 0.3 is 0 Å². The number of amides is 2. The van der Waals surface area contributed by atoms with E-state index in [0.717, 1.165) is 6.42 Å². The van der Waals surface area contributed by atoms with Gasteiger partial charge in [-0.05, 0) is 13.0 Å². The summed E-state index contributed by atoms with van der Waals surface area (Å²) in [5.41, 5.74) is 5.24. The van der Waals surface area contributed by atoms with E-state index in [9.17, 15) is 9.59 Å². The molecule has 0 aliphatic heterocycles. The summed E-state index contributed by atoms with van der Waals surface area (Å²) in [6.07, 6.45) is 0.737. The Bertz CT molecular complexity index is 185. The zero-order chi connectivity index (χ0) is 10.8. The van der Waals surface area contributed by atoms with E-state index < -0.39 is 0 Å². The number of nitrogens with one attached hydrogen (secondary N) is 2. The molecule has 0 aromatic rings. The van der Waals surface area contributed by atoms with Crippen molar-refractivity contribution >= 4 is 11.8 Å². The maximum absolute atomic E-state index is 11.0. The molecule has 0 atom stereocenters. The van der Waals surface area contributed by atoms with Gasteiger partial charge in [0, 0.05) is 13.6 Å². The molecule has 0 aromatic carbocycles. The van der Waals surface area contributed by atoms with E-state index in [1.54, 1.807) is 0 Å². The maximum Gasteiger partial charge on any atom is 0.246 e. The Morgan fingerprint density at radius 1 is 1.29 bits per heavy atom. The predicted molar refractivity (Wildman–Crippen MR) is 51.6 cm³/mol. The zero-order valence-corrected chi connectivity index (χ0v) is 8.34. The molecule has 0 bridgehead atoms. The van der Waals surface area contributed by atoms with Crippen LogP contribution in [0.2, 0.25) is 0 Å². The first kappa shape index (κ1) is 12.9. The van der Waals surface area contributed by atoms with Gasteiger partial charge in [0.1, 0.15) is 13.2 Å². The lowest BCUT2D eigenvalue weighted by atomic mass is 10.4. The molecule has 6 heteroatoms. The average molecular weight is 203 g/mol. The number of carbonyl (C=O) groups is 2. The van der Waals surface area contributed by atoms with Crippen LogP contribution < -0.4 is 16.4 Å². The van der Waals surface area contributed by atoms with E-state index in [-0.39, 0.29) is 25.0 Å². The molecule has 0 rings (SSSR count). The van der Waals surface area contributed by atoms with Crippen molar-refractivity contribution in [1.29, 1.82) is 0 Å². The van der Waals surface area contributed by atoms with Crippen LogP contribution in [0.4, 0.5) is 0 Å². The van der Waals surface area contributed by atoms with E-state index in [1.165, 1.54) is 7.05 Å². The molecule has 14 heavy (non-hydrogen) atoms. The number of carbonyl (C=O) groups excluding carboxylic acids is 2. The number of hydrogen-bond acceptors (Lipinski definition) is 4. The second kappa shape index (κ2) is 8.46. The predicted octanol–water partition coefficient (Wildman–Crippen LogP) is -1.79. The van der Waals surface area contributed by atoms with Crippen LogP contribution >= 0.6 is 0 Å². The van der Waals surface area contributed by atoms with Gasteiger partial charge in [-0.2, -0.15) is 0 Å². The molecular weight excluding hydrogens is 186 g/mol. The summed E-state index contributed by atoms with van der Waals surface area (Å²) in [7, 11) is 1.51. The van der Waals surface area contributed by atoms with Crippen LogP contribution in [0.5, 0.6) is 0 Å². The summed E-state index contributed by atoms with van der Waals surface area (Å²) in [5, 5.41) is 4.98. The summed E-state index contributed by atoms with van der Waals surface area (Å²) in [5.74, 6) is -0.484. The molecule has 0 aliphatic rings. The summed E-state index contributed by atoms with van der Waals surface area (Å²) < 4.78 is 4.82. The monoisotopic (exact) mass is 203 g/mol. The van der Waals surface area contributed by atoms with Gasteiger partial charge in [-0.25, -0.2) is 0 Å². The van der Waals surface area contributed by atoms with Crippen LogP contribution in [-0.4, -0.2) is 45.2 Å². The molecule has 2 amide bonds. The fourth-order valence-corrected chi connectivity index (χ4v) is 0.689. The van der Waals surface area contributed by atoms with Crippen molar-refractivity contribution in [3.8, 4) is 0 Å². The Morgan fingerprint density at radius 3 is 2.50 bits per heavy atom. The van der Waals surface area contributed by atoms with Gasteiger partial charge in [0.2, 0.25) is 11.8 Å². The van der Waals surface area contributed by atoms with Crippen LogP contribution in [0.1, 0.15) is 6.42 Å². The summed E-state index contributed by atoms with van der Waals surface area (Å²) in [6.45, 7) is 0.886. The topological polar surface area (TPSA) is 93.4 Å². The minimum absolute atomic E-state index is 0.0964. The summed E-state index contributed by atoms with van der Waals surface area (Å²) in [4.78, 5) is 21.6. The van der Waals surface area contributed by atoms with Gasteiger partial charge in [0.25, 0.3) is 0 Å². The van der Waals surface area contributed by atoms with Crippen LogP contribution in [0, 0.1) is 0 Å². The van der Waals surface area contributed by atoms with Crippen molar-refractivity contribution in [3.63, 3.8) is 0 Å². The molecule has 6 nitrogen and oxygen atoms in total. The van der Waals surface area contributed by atoms with Crippen molar-refractivity contribution in [2.45, 2.75) is 6.42 Å². The molecule has 0 radical (unpaired) electrons. The third-order valence-electron chi connectivity index (χ3n) is 1.45. The quantitative estimate of drug-likeness (QED) is 0.426. The summed E-state index contributed by atoms with van der Waals surface area (Å²) >= 11 is 0. The Hall–Kier alpha value is -1.14. The molecule has 0 fully saturated rings. The van der Waals surface area contributed by atoms with Gasteiger partial charge in [-0.1, -0.05) is 0 Å². The van der Waals surface area contributed by atoms with Crippen molar-refractivity contribution in [3.05, 3.63) is 0 Å². The number of hydrogen-bond donors (Lipinski definition) is 3. The average Bonchev–Trinajstić information content (AvgIpc) is 2.18. The third-order valence-corrected chi connectivity index (χ3v) is 1.45. The van der Waals surface area contributed by atoms with Crippen molar-refractivity contribution in [2.75, 3.05) is 33.4 Å². The minimum atomic E-state index is -0.250. The van der Waals surface area contributed by atoms with Crippen LogP contribution in [-0.2, 0) is 14.3 Å². The number of ether oxygens (including phenoxy) is 1. The Kier molecular flexibility index (Phi) is 7.77. The van der Waals surface area contributed by atoms with Gasteiger partial charge in [0.15, 0.2) is 0 Å². The van der Waals surface area contributed by atoms with E-state index in [4.69, 9.17) is 10.5 Å². The highest BCUT2D eigenvalue weighted by Gasteiger charge is 2.02. The Labute approximate surface area is 83.2 Å². The van der Waals surface area contributed by atoms with E-state index in [0.29, 0.717) is 13.1 Å². The molecule has 0 heterocycles. The molecular formula is C8H17N3O3. The molecule has 82 valence electrons. The fraction of sp³-hybridized carbons (Fsp3) is 0.750. The van der Waals surface area contributed by atoms with Gasteiger partial charge in [-0.3, -0.25) is 9.59 Å². The van der Waals surface area contributed by atoms with Crippen molar-refractivity contribution < 1.29 is 14.3 Å². The lowest BCUT2D eigenvalue weighted by Crippen LogP contribution is -2.31. The minimum Gasteiger partial charge on any atom is -0.362 e. The van der Waals surface area contributed by atoms with E-state index in [1.807, 2.05) is 0 Å². The first-order chi connectivity index (χ1) is 6.70. The first-order valence-electron chi connectivity index (χ1n) is 4.45. The number of likely N-dealkylation sites (N-methyl/N-ethyl adjacent to an activating group) is 1. The molecule has 0 aromatic heterocycles. The second-order valence-corrected chi connectivity index (χ2v) is 2.66. The summed E-state index contributed by atoms with van der Waals surface area (Å²) in [6, 6.07) is 0. The maximum atomic E-state index is 11.0. The molecule has 0 saturated heterocycles. The standard InChI is InChI=1S/C8H17N3O3/c1-10-7(12)5-14-6-8(13)11-4-2-3-9/h2-6,9H2,1H3,(H,10,12)(H,11,13). The lowest BCUT2D eigenvalue weighted by Gasteiger charge is -2.04. The number of rotatable bonds is 7. The van der Waals surface area contributed by atoms with Crippen LogP contribution in [0.3, 0.4) is 0 Å². The lowest BCUT2D eigenvalue weighted by molar-refractivity contribution is -0.130. The van der Waals surface area contributed by atoms with E-state index in [2.05, 4.69) is 10.6 Å². The molecule has 0 saturated carbocycles. The number of nitrogens with two attached hydrogens (primary N) is 1. The van der Waals surface area contributed by atoms with Crippen LogP contribution in [0.25, 0.3) is 0 Å². The van der Waals surface area contributed by atoms with Crippen LogP contribution in [0.15, 0.2) is 0 Å². The Balaban J connectivity index is 3.31. The fourth-order valence-electron chi connectivity index (χ4n) is 0.689. The van der Waals surface area contributed by atoms with Crippen molar-refractivity contribution in [1.82, 2.24) is 10.6 Å². The second-order valence-electron chi connectivity index (χ2n) is 2.66. The molecule has 0 spiro atoms. The van der Waals surface area contributed by atoms with Crippen molar-refractivity contribution in [2.24, 2.45) is 5.73 Å². The molecule has 4 N–H and O–H groups in total. The van der Waals surface area contributed by atoms with Gasteiger partial charge < -0.3 is 21.1 Å². The third kappa shape index (κ3) is 7.51. The highest BCUT2D eigenvalue weighted by Crippen LogP contribution is 1.77. The van der Waals surface area contributed by atoms with Gasteiger partial charge in [-0.15, -0.1) is 0 Å².